The monoisotopic (exact) mass is 1100 g/mol. The van der Waals surface area contributed by atoms with E-state index in [1.54, 1.807) is 0 Å². The second-order valence-electron chi connectivity index (χ2n) is 28.7. The molecule has 83 heavy (non-hydrogen) atoms. The highest BCUT2D eigenvalue weighted by Gasteiger charge is 2.49. The number of nitrogens with zero attached hydrogens (tertiary/aromatic N) is 3. The Morgan fingerprint density at radius 3 is 1.46 bits per heavy atom. The van der Waals surface area contributed by atoms with Gasteiger partial charge in [-0.15, -0.1) is 11.3 Å². The molecule has 0 aliphatic carbocycles. The Balaban J connectivity index is 1.07. The Morgan fingerprint density at radius 1 is 0.386 bits per heavy atom. The molecule has 12 aromatic rings. The van der Waals surface area contributed by atoms with Crippen LogP contribution in [0.5, 0.6) is 0 Å². The van der Waals surface area contributed by atoms with Crippen molar-refractivity contribution in [1.29, 1.82) is 0 Å². The maximum Gasteiger partial charge on any atom is 0.343 e. The van der Waals surface area contributed by atoms with Crippen molar-refractivity contribution in [1.82, 2.24) is 0 Å². The lowest BCUT2D eigenvalue weighted by Crippen LogP contribution is -2.60. The number of rotatable bonds is 5. The summed E-state index contributed by atoms with van der Waals surface area (Å²) in [6, 6.07) is 66.7. The van der Waals surface area contributed by atoms with E-state index in [2.05, 4.69) is 294 Å². The minimum atomic E-state index is -0.225. The summed E-state index contributed by atoms with van der Waals surface area (Å²) in [6.07, 6.45) is 0. The standard InChI is InChI=1S/C76H74BN3O2S/c1-72(2,3)45-20-29-50(30-21-45)78(51-31-22-46(23-32-51)73(4,5)6)54-37-38-64-57(41-54)58-42-56-59-43-60-55-18-16-17-19-63(55)82-70(60)69-67(59)77(80(62(56)44-65(58)81-64)53-35-26-48(27-36-53)75(10,11)12)71-68(61-40-49(76(13,14)15)28-39-66(61)83-71)79(69)52-33-24-47(25-34-52)74(7,8)9/h16-44H,1-15H3. The molecule has 414 valence electrons. The molecular weight excluding hydrogens is 1030 g/mol. The Kier molecular flexibility index (Phi) is 11.7. The Labute approximate surface area is 494 Å². The van der Waals surface area contributed by atoms with E-state index in [0.29, 0.717) is 0 Å². The van der Waals surface area contributed by atoms with Crippen LogP contribution >= 0.6 is 11.3 Å². The molecule has 9 aromatic carbocycles. The van der Waals surface area contributed by atoms with Crippen LogP contribution in [0.25, 0.3) is 65.1 Å². The highest BCUT2D eigenvalue weighted by molar-refractivity contribution is 7.32. The number of hydrogen-bond donors (Lipinski definition) is 0. The quantitative estimate of drug-likeness (QED) is 0.161. The van der Waals surface area contributed by atoms with Gasteiger partial charge in [-0.3, -0.25) is 0 Å². The van der Waals surface area contributed by atoms with Crippen LogP contribution in [-0.4, -0.2) is 6.85 Å². The molecule has 2 aliphatic rings. The van der Waals surface area contributed by atoms with E-state index in [1.165, 1.54) is 59.4 Å². The SMILES string of the molecule is CC(C)(C)c1ccc(N2B3c4sc5ccc(C(C)(C)C)cc5c4N(c4ccc(C(C)(C)C)cc4)c4c3c(cc3c4oc4ccccc43)-c3cc4c(cc32)oc2ccc(N(c3ccc(C(C)(C)C)cc3)c3ccc(C(C)(C)C)cc3)cc24)cc1. The fourth-order valence-electron chi connectivity index (χ4n) is 13.0. The highest BCUT2D eigenvalue weighted by atomic mass is 32.1. The molecule has 5 heterocycles. The Hall–Kier alpha value is -8.00. The van der Waals surface area contributed by atoms with Crippen molar-refractivity contribution in [3.63, 3.8) is 0 Å². The molecule has 0 fully saturated rings. The first-order valence-corrected chi connectivity index (χ1v) is 30.5. The topological polar surface area (TPSA) is 36.0 Å². The van der Waals surface area contributed by atoms with Crippen LogP contribution < -0.4 is 24.9 Å². The van der Waals surface area contributed by atoms with Crippen molar-refractivity contribution in [2.75, 3.05) is 14.6 Å². The van der Waals surface area contributed by atoms with Gasteiger partial charge in [-0.2, -0.15) is 0 Å². The summed E-state index contributed by atoms with van der Waals surface area (Å²) in [5.74, 6) is 0. The summed E-state index contributed by atoms with van der Waals surface area (Å²) in [7, 11) is 0. The lowest BCUT2D eigenvalue weighted by Gasteiger charge is -2.44. The first kappa shape index (κ1) is 53.0. The van der Waals surface area contributed by atoms with Gasteiger partial charge in [0.2, 0.25) is 0 Å². The first-order chi connectivity index (χ1) is 39.3. The smallest absolute Gasteiger partial charge is 0.343 e. The molecule has 0 saturated carbocycles. The van der Waals surface area contributed by atoms with Gasteiger partial charge in [0.25, 0.3) is 0 Å². The predicted molar refractivity (Wildman–Crippen MR) is 358 cm³/mol. The molecule has 2 aliphatic heterocycles. The summed E-state index contributed by atoms with van der Waals surface area (Å²) in [5, 5.41) is 5.59. The number of para-hydroxylation sites is 1. The average molecular weight is 1100 g/mol. The maximum atomic E-state index is 7.31. The number of benzene rings is 9. The second-order valence-corrected chi connectivity index (χ2v) is 29.8. The summed E-state index contributed by atoms with van der Waals surface area (Å²) >= 11 is 1.92. The third-order valence-corrected chi connectivity index (χ3v) is 19.0. The maximum absolute atomic E-state index is 7.31. The van der Waals surface area contributed by atoms with E-state index in [-0.39, 0.29) is 33.9 Å². The van der Waals surface area contributed by atoms with Gasteiger partial charge in [0.1, 0.15) is 16.7 Å². The average Bonchev–Trinajstić information content (AvgIpc) is 1.79. The zero-order chi connectivity index (χ0) is 58.0. The summed E-state index contributed by atoms with van der Waals surface area (Å²) in [6.45, 7) is 34.2. The van der Waals surface area contributed by atoms with Crippen molar-refractivity contribution in [2.24, 2.45) is 0 Å². The lowest BCUT2D eigenvalue weighted by atomic mass is 9.46. The van der Waals surface area contributed by atoms with Crippen molar-refractivity contribution in [3.8, 4) is 11.1 Å². The van der Waals surface area contributed by atoms with Crippen LogP contribution in [0.15, 0.2) is 185 Å². The molecule has 3 aromatic heterocycles. The largest absolute Gasteiger partial charge is 0.456 e. The minimum Gasteiger partial charge on any atom is -0.456 e. The van der Waals surface area contributed by atoms with Gasteiger partial charge in [0.15, 0.2) is 5.58 Å². The van der Waals surface area contributed by atoms with Crippen LogP contribution in [-0.2, 0) is 27.1 Å². The first-order valence-electron chi connectivity index (χ1n) is 29.7. The Bertz CT molecular complexity index is 4510. The Morgan fingerprint density at radius 2 is 0.880 bits per heavy atom. The molecule has 0 radical (unpaired) electrons. The van der Waals surface area contributed by atoms with Gasteiger partial charge in [-0.1, -0.05) is 177 Å². The molecule has 7 heteroatoms. The molecule has 0 bridgehead atoms. The van der Waals surface area contributed by atoms with Crippen LogP contribution in [0.4, 0.5) is 45.5 Å². The normalized spacial score (nSPS) is 13.9. The zero-order valence-electron chi connectivity index (χ0n) is 50.9. The molecule has 5 nitrogen and oxygen atoms in total. The zero-order valence-corrected chi connectivity index (χ0v) is 51.7. The molecule has 0 amide bonds. The second kappa shape index (κ2) is 18.3. The number of hydrogen-bond acceptors (Lipinski definition) is 6. The van der Waals surface area contributed by atoms with Gasteiger partial charge in [0.05, 0.1) is 11.4 Å². The van der Waals surface area contributed by atoms with E-state index >= 15 is 0 Å². The third-order valence-electron chi connectivity index (χ3n) is 17.8. The molecular formula is C76H74BN3O2S. The summed E-state index contributed by atoms with van der Waals surface area (Å²) in [5.41, 5.74) is 22.4. The van der Waals surface area contributed by atoms with Crippen LogP contribution in [0.2, 0.25) is 0 Å². The fraction of sp³-hybridized carbons (Fsp3) is 0.263. The van der Waals surface area contributed by atoms with E-state index in [4.69, 9.17) is 8.83 Å². The van der Waals surface area contributed by atoms with Gasteiger partial charge in [-0.25, -0.2) is 0 Å². The van der Waals surface area contributed by atoms with Crippen molar-refractivity contribution in [3.05, 3.63) is 204 Å². The van der Waals surface area contributed by atoms with Crippen molar-refractivity contribution in [2.45, 2.75) is 131 Å². The molecule has 0 N–H and O–H groups in total. The van der Waals surface area contributed by atoms with E-state index in [0.717, 1.165) is 89.3 Å². The molecule has 0 atom stereocenters. The van der Waals surface area contributed by atoms with Gasteiger partial charge >= 0.3 is 6.85 Å². The van der Waals surface area contributed by atoms with Crippen molar-refractivity contribution < 1.29 is 8.83 Å². The van der Waals surface area contributed by atoms with E-state index in [1.807, 2.05) is 11.3 Å². The van der Waals surface area contributed by atoms with Crippen LogP contribution in [0, 0.1) is 0 Å². The molecule has 0 saturated heterocycles. The van der Waals surface area contributed by atoms with Gasteiger partial charge in [0, 0.05) is 82.2 Å². The summed E-state index contributed by atoms with van der Waals surface area (Å²) in [4.78, 5) is 7.60. The fourth-order valence-corrected chi connectivity index (χ4v) is 14.3. The molecule has 0 spiro atoms. The number of furan rings is 2. The number of fused-ring (bicyclic) bond motifs is 13. The summed E-state index contributed by atoms with van der Waals surface area (Å²) < 4.78 is 17.0. The van der Waals surface area contributed by atoms with Crippen LogP contribution in [0.3, 0.4) is 0 Å². The highest BCUT2D eigenvalue weighted by Crippen LogP contribution is 2.55. The van der Waals surface area contributed by atoms with Gasteiger partial charge in [-0.05, 0) is 163 Å². The molecule has 0 unspecified atom stereocenters. The van der Waals surface area contributed by atoms with Crippen molar-refractivity contribution >= 4 is 128 Å². The van der Waals surface area contributed by atoms with Gasteiger partial charge < -0.3 is 23.4 Å². The third kappa shape index (κ3) is 8.62. The molecule has 14 rings (SSSR count). The lowest BCUT2D eigenvalue weighted by molar-refractivity contribution is 0.590. The minimum absolute atomic E-state index is 0.0188. The number of anilines is 8. The van der Waals surface area contributed by atoms with E-state index in [9.17, 15) is 0 Å². The number of thiophene rings is 1. The van der Waals surface area contributed by atoms with Crippen LogP contribution in [0.1, 0.15) is 132 Å². The van der Waals surface area contributed by atoms with E-state index < -0.39 is 0 Å². The predicted octanol–water partition coefficient (Wildman–Crippen LogP) is 21.4.